The van der Waals surface area contributed by atoms with Crippen LogP contribution in [0, 0.1) is 11.3 Å². The predicted octanol–water partition coefficient (Wildman–Crippen LogP) is 6.72. The smallest absolute Gasteiger partial charge is 0.259 e. The highest BCUT2D eigenvalue weighted by atomic mass is 33.1. The van der Waals surface area contributed by atoms with Crippen molar-refractivity contribution in [3.8, 4) is 11.8 Å². The molecule has 3 rings (SSSR count). The molecule has 1 aliphatic heterocycles. The highest BCUT2D eigenvalue weighted by Crippen LogP contribution is 2.68. The monoisotopic (exact) mass is 468 g/mol. The Morgan fingerprint density at radius 2 is 1.87 bits per heavy atom. The van der Waals surface area contributed by atoms with E-state index >= 15 is 0 Å². The van der Waals surface area contributed by atoms with E-state index in [1.54, 1.807) is 7.11 Å². The zero-order valence-electron chi connectivity index (χ0n) is 18.5. The maximum absolute atomic E-state index is 8.99. The van der Waals surface area contributed by atoms with Crippen LogP contribution >= 0.6 is 30.1 Å². The van der Waals surface area contributed by atoms with Crippen LogP contribution in [0.4, 0.5) is 0 Å². The molecule has 0 amide bonds. The second kappa shape index (κ2) is 10.9. The van der Waals surface area contributed by atoms with Crippen LogP contribution < -0.4 is 4.74 Å². The highest BCUT2D eigenvalue weighted by Gasteiger charge is 2.56. The van der Waals surface area contributed by atoms with E-state index in [9.17, 15) is 0 Å². The van der Waals surface area contributed by atoms with Gasteiger partial charge in [-0.15, -0.1) is 0 Å². The lowest BCUT2D eigenvalue weighted by molar-refractivity contribution is 0.0804. The Kier molecular flexibility index (Phi) is 8.78. The lowest BCUT2D eigenvalue weighted by atomic mass is 9.78. The summed E-state index contributed by atoms with van der Waals surface area (Å²) in [5, 5.41) is 9.25. The van der Waals surface area contributed by atoms with Gasteiger partial charge in [-0.1, -0.05) is 40.1 Å². The van der Waals surface area contributed by atoms with E-state index in [0.717, 1.165) is 5.75 Å². The largest absolute Gasteiger partial charge is 0.497 e. The molecule has 2 aliphatic rings. The summed E-state index contributed by atoms with van der Waals surface area (Å²) in [6.45, 7) is 9.15. The Bertz CT molecular complexity index is 714. The van der Waals surface area contributed by atoms with E-state index in [1.807, 2.05) is 33.7 Å². The molecule has 1 unspecified atom stereocenters. The van der Waals surface area contributed by atoms with Crippen LogP contribution in [-0.4, -0.2) is 41.3 Å². The van der Waals surface area contributed by atoms with Crippen molar-refractivity contribution in [3.05, 3.63) is 29.8 Å². The molecule has 0 aromatic heterocycles. The molecule has 1 saturated heterocycles. The number of benzene rings is 1. The molecule has 5 nitrogen and oxygen atoms in total. The number of nitriles is 1. The summed E-state index contributed by atoms with van der Waals surface area (Å²) in [5.41, 5.74) is 1.27. The molecule has 0 N–H and O–H groups in total. The maximum Gasteiger partial charge on any atom is 0.259 e. The number of rotatable bonds is 10. The van der Waals surface area contributed by atoms with Gasteiger partial charge in [0.05, 0.1) is 42.3 Å². The van der Waals surface area contributed by atoms with Crippen molar-refractivity contribution < 1.29 is 13.8 Å². The third-order valence-corrected chi connectivity index (χ3v) is 11.4. The van der Waals surface area contributed by atoms with Crippen LogP contribution in [0.15, 0.2) is 24.3 Å². The number of hydrogen-bond donors (Lipinski definition) is 0. The second-order valence-electron chi connectivity index (χ2n) is 8.36. The first kappa shape index (κ1) is 24.2. The number of methoxy groups -OCH3 is 1. The van der Waals surface area contributed by atoms with E-state index in [2.05, 4.69) is 50.6 Å². The van der Waals surface area contributed by atoms with Gasteiger partial charge in [-0.05, 0) is 58.2 Å². The second-order valence-corrected chi connectivity index (χ2v) is 12.5. The third-order valence-electron chi connectivity index (χ3n) is 5.62. The molecular formula is C22H33N2O3PS2. The molecule has 166 valence electrons. The third kappa shape index (κ3) is 5.28. The van der Waals surface area contributed by atoms with Crippen molar-refractivity contribution in [1.29, 1.82) is 5.26 Å². The number of nitrogens with zero attached hydrogens (tertiary/aromatic N) is 2. The van der Waals surface area contributed by atoms with Crippen LogP contribution in [0.5, 0.6) is 5.75 Å². The topological polar surface area (TPSA) is 54.7 Å². The van der Waals surface area contributed by atoms with E-state index in [-0.39, 0.29) is 16.1 Å². The van der Waals surface area contributed by atoms with Crippen LogP contribution in [-0.2, 0) is 9.05 Å². The van der Waals surface area contributed by atoms with Crippen LogP contribution in [0.3, 0.4) is 0 Å². The van der Waals surface area contributed by atoms with Crippen molar-refractivity contribution in [2.45, 2.75) is 81.6 Å². The first-order chi connectivity index (χ1) is 14.4. The summed E-state index contributed by atoms with van der Waals surface area (Å²) in [4.78, 5) is 0. The fraction of sp³-hybridized carbons (Fsp3) is 0.682. The van der Waals surface area contributed by atoms with E-state index < -0.39 is 8.53 Å². The van der Waals surface area contributed by atoms with Crippen LogP contribution in [0.25, 0.3) is 0 Å². The Balaban J connectivity index is 1.86. The average Bonchev–Trinajstić information content (AvgIpc) is 3.07. The Hall–Kier alpha value is -0.480. The normalized spacial score (nSPS) is 23.7. The molecule has 1 aliphatic carbocycles. The molecule has 1 heterocycles. The lowest BCUT2D eigenvalue weighted by Crippen LogP contribution is -2.46. The quantitative estimate of drug-likeness (QED) is 0.215. The van der Waals surface area contributed by atoms with Crippen LogP contribution in [0.1, 0.15) is 64.2 Å². The minimum Gasteiger partial charge on any atom is -0.497 e. The zero-order chi connectivity index (χ0) is 21.7. The molecule has 8 heteroatoms. The van der Waals surface area contributed by atoms with Gasteiger partial charge in [0.1, 0.15) is 5.75 Å². The summed E-state index contributed by atoms with van der Waals surface area (Å²) >= 11 is 0. The fourth-order valence-electron chi connectivity index (χ4n) is 3.98. The van der Waals surface area contributed by atoms with Gasteiger partial charge in [0, 0.05) is 12.1 Å². The minimum atomic E-state index is -1.25. The van der Waals surface area contributed by atoms with Crippen molar-refractivity contribution in [1.82, 2.24) is 4.67 Å². The van der Waals surface area contributed by atoms with Crippen molar-refractivity contribution >= 4 is 30.1 Å². The molecule has 1 aromatic rings. The van der Waals surface area contributed by atoms with E-state index in [4.69, 9.17) is 19.0 Å². The summed E-state index contributed by atoms with van der Waals surface area (Å²) < 4.78 is 21.0. The van der Waals surface area contributed by atoms with Gasteiger partial charge < -0.3 is 13.8 Å². The van der Waals surface area contributed by atoms with Gasteiger partial charge in [0.2, 0.25) is 0 Å². The maximum atomic E-state index is 8.99. The highest BCUT2D eigenvalue weighted by molar-refractivity contribution is 8.77. The molecule has 2 fully saturated rings. The molecule has 1 aromatic carbocycles. The van der Waals surface area contributed by atoms with Gasteiger partial charge in [0.25, 0.3) is 8.53 Å². The Labute approximate surface area is 190 Å². The molecule has 0 bridgehead atoms. The van der Waals surface area contributed by atoms with Gasteiger partial charge in [-0.2, -0.15) is 5.26 Å². The molecule has 30 heavy (non-hydrogen) atoms. The fourth-order valence-corrected chi connectivity index (χ4v) is 10.1. The molecule has 3 atom stereocenters. The van der Waals surface area contributed by atoms with Gasteiger partial charge >= 0.3 is 0 Å². The summed E-state index contributed by atoms with van der Waals surface area (Å²) in [6, 6.07) is 11.2. The van der Waals surface area contributed by atoms with Gasteiger partial charge in [-0.25, -0.2) is 4.67 Å². The number of hydrogen-bond acceptors (Lipinski definition) is 7. The van der Waals surface area contributed by atoms with E-state index in [1.165, 1.54) is 24.8 Å². The lowest BCUT2D eigenvalue weighted by Gasteiger charge is -2.45. The number of ether oxygens (including phenoxy) is 1. The Morgan fingerprint density at radius 3 is 2.37 bits per heavy atom. The van der Waals surface area contributed by atoms with Crippen molar-refractivity contribution in [3.63, 3.8) is 0 Å². The Morgan fingerprint density at radius 1 is 1.20 bits per heavy atom. The summed E-state index contributed by atoms with van der Waals surface area (Å²) in [6.07, 6.45) is 4.10. The minimum absolute atomic E-state index is 0.0860. The first-order valence-corrected chi connectivity index (χ1v) is 14.0. The standard InChI is InChI=1S/C22H33N2O3PS2/c1-16(2)24(17(3)4)28(26-15-7-14-23)27-21-20(29-30-22(21)12-6-13-22)18-8-10-19(25-5)11-9-18/h8-11,16-17,20-21H,6-7,12-13,15H2,1-5H3/t20-,21+,28?/m0/s1. The van der Waals surface area contributed by atoms with Gasteiger partial charge in [0.15, 0.2) is 0 Å². The average molecular weight is 469 g/mol. The van der Waals surface area contributed by atoms with Crippen molar-refractivity contribution in [2.24, 2.45) is 0 Å². The van der Waals surface area contributed by atoms with Crippen LogP contribution in [0.2, 0.25) is 0 Å². The zero-order valence-corrected chi connectivity index (χ0v) is 21.1. The van der Waals surface area contributed by atoms with Crippen molar-refractivity contribution in [2.75, 3.05) is 13.7 Å². The SMILES string of the molecule is COc1ccc([C@@H]2SSC3(CCC3)[C@@H]2OP(OCCC#N)N(C(C)C)C(C)C)cc1. The summed E-state index contributed by atoms with van der Waals surface area (Å²) in [7, 11) is 4.37. The first-order valence-electron chi connectivity index (χ1n) is 10.7. The molecule has 1 spiro atoms. The van der Waals surface area contributed by atoms with Gasteiger partial charge in [-0.3, -0.25) is 0 Å². The van der Waals surface area contributed by atoms with E-state index in [0.29, 0.717) is 25.1 Å². The molecule has 0 radical (unpaired) electrons. The molecule has 1 saturated carbocycles. The summed E-state index contributed by atoms with van der Waals surface area (Å²) in [5.74, 6) is 0.873. The molecular weight excluding hydrogens is 435 g/mol. The predicted molar refractivity (Wildman–Crippen MR) is 128 cm³/mol.